The molecule has 0 aliphatic carbocycles. The number of hydrogen-bond acceptors (Lipinski definition) is 6. The molecule has 0 saturated carbocycles. The van der Waals surface area contributed by atoms with Gasteiger partial charge in [-0.3, -0.25) is 9.59 Å². The van der Waals surface area contributed by atoms with Crippen molar-refractivity contribution in [1.82, 2.24) is 4.31 Å². The summed E-state index contributed by atoms with van der Waals surface area (Å²) in [6, 6.07) is 9.96. The van der Waals surface area contributed by atoms with Crippen LogP contribution in [0.1, 0.15) is 23.6 Å². The van der Waals surface area contributed by atoms with Gasteiger partial charge in [0.1, 0.15) is 4.21 Å². The van der Waals surface area contributed by atoms with Crippen LogP contribution >= 0.6 is 11.3 Å². The summed E-state index contributed by atoms with van der Waals surface area (Å²) in [6.45, 7) is -0.254. The highest BCUT2D eigenvalue weighted by atomic mass is 32.2. The Bertz CT molecular complexity index is 909. The van der Waals surface area contributed by atoms with Gasteiger partial charge in [-0.25, -0.2) is 8.42 Å². The number of carbonyl (C=O) groups excluding carboxylic acids is 2. The molecule has 2 aromatic rings. The highest BCUT2D eigenvalue weighted by Crippen LogP contribution is 2.37. The number of carbonyl (C=O) groups is 2. The predicted molar refractivity (Wildman–Crippen MR) is 95.9 cm³/mol. The zero-order valence-electron chi connectivity index (χ0n) is 13.8. The van der Waals surface area contributed by atoms with Crippen LogP contribution in [0.2, 0.25) is 0 Å². The van der Waals surface area contributed by atoms with E-state index in [-0.39, 0.29) is 17.2 Å². The SMILES string of the molecule is NC(=O)COC(=O)CC1c2ccccc2CCN1S(=O)(=O)c1cccs1. The Balaban J connectivity index is 1.93. The van der Waals surface area contributed by atoms with E-state index in [1.807, 2.05) is 24.3 Å². The molecule has 1 unspecified atom stereocenters. The average Bonchev–Trinajstić information content (AvgIpc) is 3.15. The van der Waals surface area contributed by atoms with Gasteiger partial charge >= 0.3 is 5.97 Å². The summed E-state index contributed by atoms with van der Waals surface area (Å²) in [5.41, 5.74) is 6.76. The molecule has 1 aliphatic rings. The number of benzene rings is 1. The highest BCUT2D eigenvalue weighted by molar-refractivity contribution is 7.91. The van der Waals surface area contributed by atoms with Crippen molar-refractivity contribution in [1.29, 1.82) is 0 Å². The summed E-state index contributed by atoms with van der Waals surface area (Å²) in [6.07, 6.45) is 0.377. The van der Waals surface area contributed by atoms with Crippen molar-refractivity contribution >= 4 is 33.2 Å². The molecule has 9 heteroatoms. The third-order valence-electron chi connectivity index (χ3n) is 4.16. The first-order valence-electron chi connectivity index (χ1n) is 7.96. The average molecular weight is 394 g/mol. The number of primary amides is 1. The van der Waals surface area contributed by atoms with Gasteiger partial charge in [-0.1, -0.05) is 30.3 Å². The first-order chi connectivity index (χ1) is 12.4. The van der Waals surface area contributed by atoms with E-state index < -0.39 is 34.5 Å². The second-order valence-electron chi connectivity index (χ2n) is 5.84. The van der Waals surface area contributed by atoms with Crippen molar-refractivity contribution in [2.45, 2.75) is 23.1 Å². The fourth-order valence-corrected chi connectivity index (χ4v) is 5.75. The van der Waals surface area contributed by atoms with E-state index in [0.717, 1.165) is 22.5 Å². The Hall–Kier alpha value is -2.23. The van der Waals surface area contributed by atoms with E-state index in [9.17, 15) is 18.0 Å². The molecular weight excluding hydrogens is 376 g/mol. The highest BCUT2D eigenvalue weighted by Gasteiger charge is 2.38. The number of amides is 1. The Labute approximate surface area is 155 Å². The largest absolute Gasteiger partial charge is 0.456 e. The van der Waals surface area contributed by atoms with Crippen LogP contribution in [0, 0.1) is 0 Å². The number of ether oxygens (including phenoxy) is 1. The summed E-state index contributed by atoms with van der Waals surface area (Å²) in [5.74, 6) is -1.43. The molecule has 1 aromatic carbocycles. The lowest BCUT2D eigenvalue weighted by Gasteiger charge is -2.35. The third-order valence-corrected chi connectivity index (χ3v) is 7.44. The van der Waals surface area contributed by atoms with Crippen molar-refractivity contribution in [3.63, 3.8) is 0 Å². The number of fused-ring (bicyclic) bond motifs is 1. The summed E-state index contributed by atoms with van der Waals surface area (Å²) < 4.78 is 32.5. The van der Waals surface area contributed by atoms with Gasteiger partial charge < -0.3 is 10.5 Å². The molecule has 0 fully saturated rings. The van der Waals surface area contributed by atoms with Crippen molar-refractivity contribution < 1.29 is 22.7 Å². The minimum Gasteiger partial charge on any atom is -0.456 e. The molecule has 2 heterocycles. The van der Waals surface area contributed by atoms with Gasteiger partial charge in [0.15, 0.2) is 6.61 Å². The first-order valence-corrected chi connectivity index (χ1v) is 10.3. The number of rotatable bonds is 6. The molecule has 0 bridgehead atoms. The predicted octanol–water partition coefficient (Wildman–Crippen LogP) is 1.45. The molecule has 7 nitrogen and oxygen atoms in total. The first kappa shape index (κ1) is 18.6. The maximum Gasteiger partial charge on any atom is 0.308 e. The van der Waals surface area contributed by atoms with Gasteiger partial charge in [0, 0.05) is 6.54 Å². The quantitative estimate of drug-likeness (QED) is 0.747. The molecule has 26 heavy (non-hydrogen) atoms. The Kier molecular flexibility index (Phi) is 5.40. The third kappa shape index (κ3) is 3.79. The van der Waals surface area contributed by atoms with Crippen LogP contribution in [0.4, 0.5) is 0 Å². The van der Waals surface area contributed by atoms with Crippen LogP contribution in [-0.2, 0) is 30.8 Å². The van der Waals surface area contributed by atoms with E-state index >= 15 is 0 Å². The molecule has 2 N–H and O–H groups in total. The molecule has 0 spiro atoms. The Morgan fingerprint density at radius 2 is 2.00 bits per heavy atom. The van der Waals surface area contributed by atoms with Gasteiger partial charge in [-0.2, -0.15) is 4.31 Å². The standard InChI is InChI=1S/C17H18N2O5S2/c18-15(20)11-24-16(21)10-14-13-5-2-1-4-12(13)7-8-19(14)26(22,23)17-6-3-9-25-17/h1-6,9,14H,7-8,10-11H2,(H2,18,20). The van der Waals surface area contributed by atoms with E-state index in [2.05, 4.69) is 0 Å². The number of sulfonamides is 1. The van der Waals surface area contributed by atoms with Crippen molar-refractivity contribution in [3.8, 4) is 0 Å². The molecule has 1 amide bonds. The summed E-state index contributed by atoms with van der Waals surface area (Å²) in [7, 11) is -3.74. The lowest BCUT2D eigenvalue weighted by atomic mass is 9.92. The zero-order chi connectivity index (χ0) is 18.7. The molecule has 1 aromatic heterocycles. The van der Waals surface area contributed by atoms with Crippen molar-refractivity contribution in [3.05, 3.63) is 52.9 Å². The van der Waals surface area contributed by atoms with Crippen LogP contribution in [-0.4, -0.2) is 37.8 Å². The topological polar surface area (TPSA) is 107 Å². The number of nitrogens with two attached hydrogens (primary N) is 1. The van der Waals surface area contributed by atoms with Crippen molar-refractivity contribution in [2.24, 2.45) is 5.73 Å². The number of nitrogens with zero attached hydrogens (tertiary/aromatic N) is 1. The maximum atomic E-state index is 13.0. The van der Waals surface area contributed by atoms with Crippen LogP contribution < -0.4 is 5.73 Å². The second-order valence-corrected chi connectivity index (χ2v) is 8.91. The molecule has 138 valence electrons. The van der Waals surface area contributed by atoms with Gasteiger partial charge in [0.25, 0.3) is 15.9 Å². The lowest BCUT2D eigenvalue weighted by Crippen LogP contribution is -2.41. The van der Waals surface area contributed by atoms with E-state index in [0.29, 0.717) is 6.42 Å². The van der Waals surface area contributed by atoms with E-state index in [1.54, 1.807) is 17.5 Å². The van der Waals surface area contributed by atoms with Gasteiger partial charge in [0.2, 0.25) is 0 Å². The van der Waals surface area contributed by atoms with Gasteiger partial charge in [-0.15, -0.1) is 11.3 Å². The smallest absolute Gasteiger partial charge is 0.308 e. The van der Waals surface area contributed by atoms with Crippen molar-refractivity contribution in [2.75, 3.05) is 13.2 Å². The Morgan fingerprint density at radius 1 is 1.23 bits per heavy atom. The summed E-state index contributed by atoms with van der Waals surface area (Å²) >= 11 is 1.13. The maximum absolute atomic E-state index is 13.0. The molecule has 0 radical (unpaired) electrons. The lowest BCUT2D eigenvalue weighted by molar-refractivity contribution is -0.148. The molecule has 1 aliphatic heterocycles. The molecule has 3 rings (SSSR count). The monoisotopic (exact) mass is 394 g/mol. The second kappa shape index (κ2) is 7.56. The van der Waals surface area contributed by atoms with Crippen LogP contribution in [0.15, 0.2) is 46.0 Å². The summed E-state index contributed by atoms with van der Waals surface area (Å²) in [4.78, 5) is 22.9. The number of esters is 1. The zero-order valence-corrected chi connectivity index (χ0v) is 15.5. The Morgan fingerprint density at radius 3 is 2.69 bits per heavy atom. The van der Waals surface area contributed by atoms with Crippen LogP contribution in [0.25, 0.3) is 0 Å². The molecule has 1 atom stereocenters. The molecular formula is C17H18N2O5S2. The van der Waals surface area contributed by atoms with Gasteiger partial charge in [0.05, 0.1) is 12.5 Å². The normalized spacial score (nSPS) is 17.5. The van der Waals surface area contributed by atoms with Crippen LogP contribution in [0.5, 0.6) is 0 Å². The van der Waals surface area contributed by atoms with Crippen LogP contribution in [0.3, 0.4) is 0 Å². The minimum absolute atomic E-state index is 0.186. The summed E-state index contributed by atoms with van der Waals surface area (Å²) in [5, 5.41) is 1.70. The minimum atomic E-state index is -3.74. The number of hydrogen-bond donors (Lipinski definition) is 1. The number of thiophene rings is 1. The fourth-order valence-electron chi connectivity index (χ4n) is 3.02. The van der Waals surface area contributed by atoms with E-state index in [1.165, 1.54) is 4.31 Å². The fraction of sp³-hybridized carbons (Fsp3) is 0.294. The van der Waals surface area contributed by atoms with Gasteiger partial charge in [-0.05, 0) is 29.0 Å². The van der Waals surface area contributed by atoms with E-state index in [4.69, 9.17) is 10.5 Å². The molecule has 0 saturated heterocycles.